The monoisotopic (exact) mass is 318 g/mol. The first-order valence-corrected chi connectivity index (χ1v) is 7.21. The molecule has 1 aromatic rings. The number of hydrogen-bond acceptors (Lipinski definition) is 2. The maximum Gasteiger partial charge on any atom is 0.418 e. The highest BCUT2D eigenvalue weighted by molar-refractivity contribution is 6.17. The van der Waals surface area contributed by atoms with Gasteiger partial charge in [0.1, 0.15) is 0 Å². The summed E-state index contributed by atoms with van der Waals surface area (Å²) in [4.78, 5) is 1.62. The molecule has 0 atom stereocenters. The summed E-state index contributed by atoms with van der Waals surface area (Å²) >= 11 is 5.62. The Morgan fingerprint density at radius 2 is 2.00 bits per heavy atom. The van der Waals surface area contributed by atoms with Gasteiger partial charge >= 0.3 is 6.18 Å². The molecular formula is C15H18ClF3N2. The molecule has 0 saturated carbocycles. The summed E-state index contributed by atoms with van der Waals surface area (Å²) in [5.74, 6) is 0.226. The molecular weight excluding hydrogens is 301 g/mol. The van der Waals surface area contributed by atoms with Crippen LogP contribution < -0.4 is 4.90 Å². The molecule has 0 amide bonds. The Bertz CT molecular complexity index is 507. The van der Waals surface area contributed by atoms with E-state index in [2.05, 4.69) is 0 Å². The molecule has 0 aliphatic rings. The van der Waals surface area contributed by atoms with Gasteiger partial charge in [-0.1, -0.05) is 19.9 Å². The predicted molar refractivity (Wildman–Crippen MR) is 78.3 cm³/mol. The first kappa shape index (κ1) is 17.6. The largest absolute Gasteiger partial charge is 0.418 e. The summed E-state index contributed by atoms with van der Waals surface area (Å²) in [5, 5.41) is 8.69. The van der Waals surface area contributed by atoms with Crippen molar-refractivity contribution in [2.45, 2.75) is 32.3 Å². The van der Waals surface area contributed by atoms with Gasteiger partial charge in [-0.05, 0) is 23.6 Å². The molecule has 6 heteroatoms. The Labute approximate surface area is 128 Å². The lowest BCUT2D eigenvalue weighted by Gasteiger charge is -2.29. The summed E-state index contributed by atoms with van der Waals surface area (Å²) < 4.78 is 39.7. The standard InChI is InChI=1S/C15H18ClF3N2/c1-11(2)10-21(7-3-6-20)14-5-4-12(9-16)8-13(14)15(17,18)19/h4-5,8,11H,3,7,9-10H2,1-2H3. The van der Waals surface area contributed by atoms with Crippen molar-refractivity contribution in [3.8, 4) is 6.07 Å². The van der Waals surface area contributed by atoms with Gasteiger partial charge in [-0.15, -0.1) is 11.6 Å². The Hall–Kier alpha value is -1.41. The second kappa shape index (κ2) is 7.56. The molecule has 0 saturated heterocycles. The number of benzene rings is 1. The molecule has 0 aliphatic carbocycles. The van der Waals surface area contributed by atoms with Gasteiger partial charge in [-0.3, -0.25) is 0 Å². The van der Waals surface area contributed by atoms with Gasteiger partial charge in [-0.25, -0.2) is 0 Å². The Morgan fingerprint density at radius 1 is 1.33 bits per heavy atom. The van der Waals surface area contributed by atoms with Gasteiger partial charge in [0.15, 0.2) is 0 Å². The SMILES string of the molecule is CC(C)CN(CCC#N)c1ccc(CCl)cc1C(F)(F)F. The van der Waals surface area contributed by atoms with Crippen LogP contribution in [0.3, 0.4) is 0 Å². The van der Waals surface area contributed by atoms with E-state index in [4.69, 9.17) is 16.9 Å². The highest BCUT2D eigenvalue weighted by Gasteiger charge is 2.35. The van der Waals surface area contributed by atoms with Gasteiger partial charge in [0, 0.05) is 24.7 Å². The summed E-state index contributed by atoms with van der Waals surface area (Å²) in [6, 6.07) is 6.10. The third kappa shape index (κ3) is 5.13. The van der Waals surface area contributed by atoms with Crippen LogP contribution in [0.4, 0.5) is 18.9 Å². The Kier molecular flexibility index (Phi) is 6.35. The highest BCUT2D eigenvalue weighted by atomic mass is 35.5. The topological polar surface area (TPSA) is 27.0 Å². The van der Waals surface area contributed by atoms with E-state index < -0.39 is 11.7 Å². The molecule has 0 unspecified atom stereocenters. The van der Waals surface area contributed by atoms with Crippen LogP contribution in [-0.4, -0.2) is 13.1 Å². The molecule has 0 radical (unpaired) electrons. The van der Waals surface area contributed by atoms with Crippen molar-refractivity contribution in [2.75, 3.05) is 18.0 Å². The minimum atomic E-state index is -4.45. The lowest BCUT2D eigenvalue weighted by atomic mass is 10.1. The fourth-order valence-electron chi connectivity index (χ4n) is 2.10. The van der Waals surface area contributed by atoms with Crippen LogP contribution in [0.2, 0.25) is 0 Å². The van der Waals surface area contributed by atoms with Crippen LogP contribution in [0.1, 0.15) is 31.4 Å². The fourth-order valence-corrected chi connectivity index (χ4v) is 2.27. The number of alkyl halides is 4. The summed E-state index contributed by atoms with van der Waals surface area (Å²) in [6.07, 6.45) is -4.26. The van der Waals surface area contributed by atoms with E-state index in [0.29, 0.717) is 12.1 Å². The second-order valence-corrected chi connectivity index (χ2v) is 5.50. The van der Waals surface area contributed by atoms with Crippen LogP contribution in [0.15, 0.2) is 18.2 Å². The molecule has 0 fully saturated rings. The van der Waals surface area contributed by atoms with E-state index in [1.165, 1.54) is 6.07 Å². The summed E-state index contributed by atoms with van der Waals surface area (Å²) in [7, 11) is 0. The molecule has 1 rings (SSSR count). The smallest absolute Gasteiger partial charge is 0.370 e. The van der Waals surface area contributed by atoms with Crippen molar-refractivity contribution in [2.24, 2.45) is 5.92 Å². The molecule has 0 aromatic heterocycles. The molecule has 0 bridgehead atoms. The lowest BCUT2D eigenvalue weighted by molar-refractivity contribution is -0.137. The third-order valence-corrected chi connectivity index (χ3v) is 3.25. The van der Waals surface area contributed by atoms with E-state index in [0.717, 1.165) is 6.07 Å². The molecule has 0 N–H and O–H groups in total. The number of halogens is 4. The van der Waals surface area contributed by atoms with Gasteiger partial charge < -0.3 is 4.90 Å². The van der Waals surface area contributed by atoms with E-state index >= 15 is 0 Å². The number of anilines is 1. The molecule has 1 aromatic carbocycles. The zero-order chi connectivity index (χ0) is 16.0. The van der Waals surface area contributed by atoms with Gasteiger partial charge in [0.2, 0.25) is 0 Å². The van der Waals surface area contributed by atoms with E-state index in [-0.39, 0.29) is 30.5 Å². The van der Waals surface area contributed by atoms with Crippen molar-refractivity contribution < 1.29 is 13.2 Å². The van der Waals surface area contributed by atoms with Crippen molar-refractivity contribution in [1.82, 2.24) is 0 Å². The fraction of sp³-hybridized carbons (Fsp3) is 0.533. The normalized spacial score (nSPS) is 11.5. The molecule has 116 valence electrons. The van der Waals surface area contributed by atoms with E-state index in [1.807, 2.05) is 19.9 Å². The van der Waals surface area contributed by atoms with Crippen LogP contribution in [0, 0.1) is 17.2 Å². The van der Waals surface area contributed by atoms with E-state index in [1.54, 1.807) is 11.0 Å². The average molecular weight is 319 g/mol. The molecule has 0 spiro atoms. The molecule has 2 nitrogen and oxygen atoms in total. The van der Waals surface area contributed by atoms with Gasteiger partial charge in [0.25, 0.3) is 0 Å². The zero-order valence-corrected chi connectivity index (χ0v) is 12.8. The molecule has 0 heterocycles. The number of hydrogen-bond donors (Lipinski definition) is 0. The van der Waals surface area contributed by atoms with E-state index in [9.17, 15) is 13.2 Å². The second-order valence-electron chi connectivity index (χ2n) is 5.23. The minimum Gasteiger partial charge on any atom is -0.370 e. The van der Waals surface area contributed by atoms with Crippen LogP contribution in [0.5, 0.6) is 0 Å². The van der Waals surface area contributed by atoms with Crippen LogP contribution >= 0.6 is 11.6 Å². The maximum absolute atomic E-state index is 13.2. The van der Waals surface area contributed by atoms with Crippen LogP contribution in [0.25, 0.3) is 0 Å². The Morgan fingerprint density at radius 3 is 2.48 bits per heavy atom. The van der Waals surface area contributed by atoms with Crippen molar-refractivity contribution >= 4 is 17.3 Å². The number of rotatable bonds is 6. The predicted octanol–water partition coefficient (Wildman–Crippen LogP) is 4.82. The van der Waals surface area contributed by atoms with Gasteiger partial charge in [0.05, 0.1) is 18.1 Å². The first-order chi connectivity index (χ1) is 9.79. The number of nitriles is 1. The van der Waals surface area contributed by atoms with Crippen molar-refractivity contribution in [1.29, 1.82) is 5.26 Å². The summed E-state index contributed by atoms with van der Waals surface area (Å²) in [5.41, 5.74) is -0.155. The van der Waals surface area contributed by atoms with Crippen LogP contribution in [-0.2, 0) is 12.1 Å². The van der Waals surface area contributed by atoms with Crippen molar-refractivity contribution in [3.63, 3.8) is 0 Å². The minimum absolute atomic E-state index is 0.0335. The van der Waals surface area contributed by atoms with Gasteiger partial charge in [-0.2, -0.15) is 18.4 Å². The average Bonchev–Trinajstić information content (AvgIpc) is 2.41. The zero-order valence-electron chi connectivity index (χ0n) is 12.0. The molecule has 21 heavy (non-hydrogen) atoms. The highest BCUT2D eigenvalue weighted by Crippen LogP contribution is 2.37. The number of nitrogens with zero attached hydrogens (tertiary/aromatic N) is 2. The molecule has 0 aliphatic heterocycles. The third-order valence-electron chi connectivity index (χ3n) is 2.94. The quantitative estimate of drug-likeness (QED) is 0.703. The Balaban J connectivity index is 3.25. The summed E-state index contributed by atoms with van der Waals surface area (Å²) in [6.45, 7) is 4.60. The first-order valence-electron chi connectivity index (χ1n) is 6.67. The lowest BCUT2D eigenvalue weighted by Crippen LogP contribution is -2.30. The van der Waals surface area contributed by atoms with Crippen molar-refractivity contribution in [3.05, 3.63) is 29.3 Å². The maximum atomic E-state index is 13.2.